The predicted octanol–water partition coefficient (Wildman–Crippen LogP) is 4.44. The number of hydrogen-bond acceptors (Lipinski definition) is 6. The number of Topliss-reactive ketones (excluding diaryl/α,β-unsaturated/α-hetero) is 1. The first-order valence-corrected chi connectivity index (χ1v) is 12.6. The number of ketones is 1. The number of hydrogen-bond donors (Lipinski definition) is 1. The number of anilines is 1. The number of rotatable bonds is 3. The highest BCUT2D eigenvalue weighted by Crippen LogP contribution is 2.61. The van der Waals surface area contributed by atoms with Gasteiger partial charge in [0.1, 0.15) is 16.7 Å². The van der Waals surface area contributed by atoms with Crippen LogP contribution < -0.4 is 10.6 Å². The lowest BCUT2D eigenvalue weighted by atomic mass is 9.61. The smallest absolute Gasteiger partial charge is 0.341 e. The number of nitrogens with zero attached hydrogens (tertiary/aromatic N) is 1. The minimum atomic E-state index is -1.72. The molecule has 1 aromatic rings. The Balaban J connectivity index is 1.96. The molecule has 0 saturated carbocycles. The number of aryl methyl sites for hydroxylation is 1. The minimum Gasteiger partial charge on any atom is -0.462 e. The zero-order chi connectivity index (χ0) is 26.4. The molecule has 3 heterocycles. The Morgan fingerprint density at radius 2 is 1.83 bits per heavy atom. The molecule has 36 heavy (non-hydrogen) atoms. The molecular formula is C29H34N2O5. The number of ether oxygens (including phenoxy) is 2. The van der Waals surface area contributed by atoms with Gasteiger partial charge < -0.3 is 20.1 Å². The van der Waals surface area contributed by atoms with E-state index in [0.29, 0.717) is 17.7 Å². The Hall–Kier alpha value is -3.35. The number of nitrogens with two attached hydrogens (primary N) is 1. The fraction of sp³-hybridized carbons (Fsp3) is 0.483. The van der Waals surface area contributed by atoms with Crippen molar-refractivity contribution in [2.45, 2.75) is 78.7 Å². The van der Waals surface area contributed by atoms with E-state index < -0.39 is 16.9 Å². The van der Waals surface area contributed by atoms with Crippen LogP contribution in [-0.2, 0) is 35.7 Å². The highest BCUT2D eigenvalue weighted by atomic mass is 16.5. The number of carbonyl (C=O) groups excluding carboxylic acids is 3. The molecule has 0 aromatic heterocycles. The largest absolute Gasteiger partial charge is 0.462 e. The standard InChI is InChI=1S/C29H34N2O5/c1-8-16-10-17-15(3)12-28(6,7)31-23(17)18(11-16)29(26(31)34)21-19(32)13-27(4,5)14-20(21)36-24(30)22(29)25(33)35-9-2/h10-12H,8-9,13-14,30H2,1-7H3/t29-/m1/s1. The molecule has 0 saturated heterocycles. The van der Waals surface area contributed by atoms with Crippen molar-refractivity contribution in [2.75, 3.05) is 11.5 Å². The quantitative estimate of drug-likeness (QED) is 0.629. The molecule has 7 heteroatoms. The lowest BCUT2D eigenvalue weighted by Crippen LogP contribution is -2.56. The third kappa shape index (κ3) is 3.01. The molecule has 1 atom stereocenters. The van der Waals surface area contributed by atoms with Crippen LogP contribution in [0.2, 0.25) is 0 Å². The third-order valence-corrected chi connectivity index (χ3v) is 7.85. The van der Waals surface area contributed by atoms with Gasteiger partial charge in [0.15, 0.2) is 5.78 Å². The van der Waals surface area contributed by atoms with Gasteiger partial charge in [-0.3, -0.25) is 9.59 Å². The lowest BCUT2D eigenvalue weighted by Gasteiger charge is -2.43. The average Bonchev–Trinajstić information content (AvgIpc) is 3.00. The zero-order valence-corrected chi connectivity index (χ0v) is 22.1. The van der Waals surface area contributed by atoms with Crippen LogP contribution in [0, 0.1) is 5.41 Å². The average molecular weight is 491 g/mol. The van der Waals surface area contributed by atoms with E-state index in [1.54, 1.807) is 11.8 Å². The third-order valence-electron chi connectivity index (χ3n) is 7.85. The maximum absolute atomic E-state index is 14.9. The van der Waals surface area contributed by atoms with Gasteiger partial charge in [0, 0.05) is 24.0 Å². The van der Waals surface area contributed by atoms with E-state index in [-0.39, 0.29) is 47.2 Å². The highest BCUT2D eigenvalue weighted by Gasteiger charge is 2.67. The first-order valence-electron chi connectivity index (χ1n) is 12.6. The second-order valence-electron chi connectivity index (χ2n) is 11.6. The molecule has 0 radical (unpaired) electrons. The molecule has 7 nitrogen and oxygen atoms in total. The molecule has 1 amide bonds. The number of esters is 1. The van der Waals surface area contributed by atoms with Gasteiger partial charge in [-0.15, -0.1) is 0 Å². The van der Waals surface area contributed by atoms with E-state index in [2.05, 4.69) is 12.1 Å². The van der Waals surface area contributed by atoms with Crippen LogP contribution in [0.25, 0.3) is 5.57 Å². The van der Waals surface area contributed by atoms with Crippen LogP contribution >= 0.6 is 0 Å². The summed E-state index contributed by atoms with van der Waals surface area (Å²) in [6.07, 6.45) is 3.44. The summed E-state index contributed by atoms with van der Waals surface area (Å²) in [6.45, 7) is 13.8. The minimum absolute atomic E-state index is 0.0930. The number of amides is 1. The molecule has 5 rings (SSSR count). The SMILES string of the molecule is CCOC(=O)C1=C(N)OC2=C(C(=O)CC(C)(C)C2)[C@@]12C(=O)N1c3c(cc(CC)cc32)C(C)=CC1(C)C. The van der Waals surface area contributed by atoms with Gasteiger partial charge in [0.2, 0.25) is 11.8 Å². The molecule has 1 aromatic carbocycles. The molecule has 4 aliphatic rings. The molecule has 0 fully saturated rings. The van der Waals surface area contributed by atoms with Crippen molar-refractivity contribution in [1.29, 1.82) is 0 Å². The van der Waals surface area contributed by atoms with Crippen molar-refractivity contribution in [2.24, 2.45) is 11.1 Å². The van der Waals surface area contributed by atoms with E-state index in [1.165, 1.54) is 0 Å². The Kier molecular flexibility index (Phi) is 5.12. The molecule has 1 aliphatic carbocycles. The van der Waals surface area contributed by atoms with Crippen LogP contribution in [-0.4, -0.2) is 29.8 Å². The van der Waals surface area contributed by atoms with Gasteiger partial charge in [0.25, 0.3) is 0 Å². The van der Waals surface area contributed by atoms with Crippen LogP contribution in [0.3, 0.4) is 0 Å². The summed E-state index contributed by atoms with van der Waals surface area (Å²) in [7, 11) is 0. The van der Waals surface area contributed by atoms with Crippen molar-refractivity contribution < 1.29 is 23.9 Å². The Morgan fingerprint density at radius 3 is 2.47 bits per heavy atom. The normalized spacial score (nSPS) is 25.5. The van der Waals surface area contributed by atoms with E-state index >= 15 is 0 Å². The molecule has 2 N–H and O–H groups in total. The fourth-order valence-corrected chi connectivity index (χ4v) is 6.54. The Labute approximate surface area is 212 Å². The summed E-state index contributed by atoms with van der Waals surface area (Å²) >= 11 is 0. The maximum Gasteiger partial charge on any atom is 0.341 e. The van der Waals surface area contributed by atoms with Crippen LogP contribution in [0.15, 0.2) is 41.0 Å². The number of fused-ring (bicyclic) bond motifs is 2. The van der Waals surface area contributed by atoms with Gasteiger partial charge in [0.05, 0.1) is 23.4 Å². The predicted molar refractivity (Wildman–Crippen MR) is 137 cm³/mol. The van der Waals surface area contributed by atoms with Gasteiger partial charge in [-0.05, 0) is 56.7 Å². The van der Waals surface area contributed by atoms with E-state index in [0.717, 1.165) is 28.8 Å². The topological polar surface area (TPSA) is 98.9 Å². The summed E-state index contributed by atoms with van der Waals surface area (Å²) in [5, 5.41) is 0. The van der Waals surface area contributed by atoms with Crippen LogP contribution in [0.1, 0.15) is 78.0 Å². The van der Waals surface area contributed by atoms with Crippen molar-refractivity contribution in [3.05, 3.63) is 57.7 Å². The van der Waals surface area contributed by atoms with Crippen molar-refractivity contribution >= 4 is 28.9 Å². The zero-order valence-electron chi connectivity index (χ0n) is 22.1. The second-order valence-corrected chi connectivity index (χ2v) is 11.6. The molecule has 190 valence electrons. The Morgan fingerprint density at radius 1 is 1.14 bits per heavy atom. The maximum atomic E-state index is 14.9. The Bertz CT molecular complexity index is 1340. The summed E-state index contributed by atoms with van der Waals surface area (Å²) < 4.78 is 11.4. The van der Waals surface area contributed by atoms with Crippen LogP contribution in [0.5, 0.6) is 0 Å². The van der Waals surface area contributed by atoms with Gasteiger partial charge in [-0.1, -0.05) is 32.9 Å². The van der Waals surface area contributed by atoms with Crippen molar-refractivity contribution in [3.8, 4) is 0 Å². The van der Waals surface area contributed by atoms with E-state index in [9.17, 15) is 14.4 Å². The van der Waals surface area contributed by atoms with Crippen molar-refractivity contribution in [3.63, 3.8) is 0 Å². The first-order chi connectivity index (χ1) is 16.8. The summed E-state index contributed by atoms with van der Waals surface area (Å²) in [5.74, 6) is -1.12. The molecular weight excluding hydrogens is 456 g/mol. The van der Waals surface area contributed by atoms with Gasteiger partial charge >= 0.3 is 5.97 Å². The van der Waals surface area contributed by atoms with Gasteiger partial charge in [-0.2, -0.15) is 0 Å². The lowest BCUT2D eigenvalue weighted by molar-refractivity contribution is -0.141. The number of allylic oxidation sites excluding steroid dienone is 2. The summed E-state index contributed by atoms with van der Waals surface area (Å²) in [4.78, 5) is 44.1. The number of benzene rings is 1. The fourth-order valence-electron chi connectivity index (χ4n) is 6.54. The van der Waals surface area contributed by atoms with Gasteiger partial charge in [-0.25, -0.2) is 4.79 Å². The molecule has 0 bridgehead atoms. The van der Waals surface area contributed by atoms with E-state index in [1.807, 2.05) is 47.6 Å². The van der Waals surface area contributed by atoms with Crippen molar-refractivity contribution in [1.82, 2.24) is 0 Å². The monoisotopic (exact) mass is 490 g/mol. The molecule has 1 spiro atoms. The van der Waals surface area contributed by atoms with E-state index in [4.69, 9.17) is 15.2 Å². The number of carbonyl (C=O) groups is 3. The molecule has 3 aliphatic heterocycles. The second kappa shape index (κ2) is 7.58. The molecule has 0 unspecified atom stereocenters. The highest BCUT2D eigenvalue weighted by molar-refractivity contribution is 6.25. The summed E-state index contributed by atoms with van der Waals surface area (Å²) in [6, 6.07) is 4.05. The van der Waals surface area contributed by atoms with Crippen LogP contribution in [0.4, 0.5) is 5.69 Å². The summed E-state index contributed by atoms with van der Waals surface area (Å²) in [5.41, 5.74) is 8.11. The first kappa shape index (κ1) is 24.3.